The number of hydrogen-bond acceptors (Lipinski definition) is 4. The molecule has 0 spiro atoms. The van der Waals surface area contributed by atoms with E-state index >= 15 is 0 Å². The van der Waals surface area contributed by atoms with Crippen molar-refractivity contribution in [3.05, 3.63) is 24.0 Å². The van der Waals surface area contributed by atoms with Gasteiger partial charge in [0.15, 0.2) is 0 Å². The molecule has 0 radical (unpaired) electrons. The Morgan fingerprint density at radius 2 is 1.94 bits per heavy atom. The van der Waals surface area contributed by atoms with Crippen LogP contribution in [0.3, 0.4) is 0 Å². The van der Waals surface area contributed by atoms with E-state index in [0.29, 0.717) is 26.3 Å². The topological polar surface area (TPSA) is 72.6 Å². The molecule has 0 aromatic heterocycles. The maximum atomic E-state index is 13.0. The van der Waals surface area contributed by atoms with Crippen molar-refractivity contribution in [3.63, 3.8) is 0 Å². The van der Waals surface area contributed by atoms with Crippen molar-refractivity contribution in [2.45, 2.75) is 4.90 Å². The van der Waals surface area contributed by atoms with Crippen molar-refractivity contribution in [2.75, 3.05) is 32.0 Å². The first-order valence-electron chi connectivity index (χ1n) is 5.15. The number of anilines is 1. The zero-order valence-corrected chi connectivity index (χ0v) is 9.91. The van der Waals surface area contributed by atoms with E-state index in [9.17, 15) is 12.8 Å². The van der Waals surface area contributed by atoms with Crippen LogP contribution in [-0.2, 0) is 14.8 Å². The lowest BCUT2D eigenvalue weighted by Crippen LogP contribution is -2.40. The average molecular weight is 260 g/mol. The molecule has 1 fully saturated rings. The molecule has 0 bridgehead atoms. The average Bonchev–Trinajstić information content (AvgIpc) is 2.33. The maximum Gasteiger partial charge on any atom is 0.243 e. The Kier molecular flexibility index (Phi) is 3.32. The molecular weight excluding hydrogens is 247 g/mol. The highest BCUT2D eigenvalue weighted by molar-refractivity contribution is 7.89. The van der Waals surface area contributed by atoms with Gasteiger partial charge in [-0.15, -0.1) is 0 Å². The minimum atomic E-state index is -3.59. The molecule has 5 nitrogen and oxygen atoms in total. The second-order valence-corrected chi connectivity index (χ2v) is 5.64. The monoisotopic (exact) mass is 260 g/mol. The van der Waals surface area contributed by atoms with Gasteiger partial charge in [0.1, 0.15) is 5.82 Å². The third-order valence-electron chi connectivity index (χ3n) is 2.58. The highest BCUT2D eigenvalue weighted by atomic mass is 32.2. The van der Waals surface area contributed by atoms with Crippen molar-refractivity contribution in [2.24, 2.45) is 0 Å². The summed E-state index contributed by atoms with van der Waals surface area (Å²) in [6, 6.07) is 3.42. The Balaban J connectivity index is 2.33. The predicted molar refractivity (Wildman–Crippen MR) is 60.4 cm³/mol. The Bertz CT molecular complexity index is 512. The number of benzene rings is 1. The van der Waals surface area contributed by atoms with Crippen molar-refractivity contribution in [1.29, 1.82) is 0 Å². The van der Waals surface area contributed by atoms with Crippen LogP contribution in [0.4, 0.5) is 10.1 Å². The van der Waals surface area contributed by atoms with Gasteiger partial charge in [-0.3, -0.25) is 0 Å². The molecule has 1 heterocycles. The smallest absolute Gasteiger partial charge is 0.243 e. The van der Waals surface area contributed by atoms with Gasteiger partial charge in [-0.2, -0.15) is 4.31 Å². The summed E-state index contributed by atoms with van der Waals surface area (Å²) in [6.45, 7) is 1.35. The van der Waals surface area contributed by atoms with Crippen molar-refractivity contribution in [3.8, 4) is 0 Å². The standard InChI is InChI=1S/C10H13FN2O3S/c11-9-2-1-8(7-10(9)12)17(14,15)13-3-5-16-6-4-13/h1-2,7H,3-6,12H2. The highest BCUT2D eigenvalue weighted by Crippen LogP contribution is 2.21. The summed E-state index contributed by atoms with van der Waals surface area (Å²) in [5.41, 5.74) is 5.20. The van der Waals surface area contributed by atoms with Gasteiger partial charge in [-0.25, -0.2) is 12.8 Å². The summed E-state index contributed by atoms with van der Waals surface area (Å²) in [7, 11) is -3.59. The van der Waals surface area contributed by atoms with Crippen LogP contribution in [-0.4, -0.2) is 39.0 Å². The Morgan fingerprint density at radius 1 is 1.29 bits per heavy atom. The number of morpholine rings is 1. The maximum absolute atomic E-state index is 13.0. The molecule has 0 atom stereocenters. The quantitative estimate of drug-likeness (QED) is 0.783. The first-order chi connectivity index (χ1) is 8.01. The van der Waals surface area contributed by atoms with E-state index in [4.69, 9.17) is 10.5 Å². The largest absolute Gasteiger partial charge is 0.396 e. The Labute approximate surface area is 99.0 Å². The summed E-state index contributed by atoms with van der Waals surface area (Å²) >= 11 is 0. The molecule has 0 amide bonds. The first kappa shape index (κ1) is 12.3. The molecule has 0 saturated carbocycles. The van der Waals surface area contributed by atoms with Crippen LogP contribution in [0.15, 0.2) is 23.1 Å². The van der Waals surface area contributed by atoms with E-state index in [1.54, 1.807) is 0 Å². The molecule has 7 heteroatoms. The van der Waals surface area contributed by atoms with Gasteiger partial charge >= 0.3 is 0 Å². The number of ether oxygens (including phenoxy) is 1. The SMILES string of the molecule is Nc1cc(S(=O)(=O)N2CCOCC2)ccc1F. The van der Waals surface area contributed by atoms with Crippen LogP contribution in [0.1, 0.15) is 0 Å². The van der Waals surface area contributed by atoms with Crippen LogP contribution < -0.4 is 5.73 Å². The number of nitrogens with two attached hydrogens (primary N) is 1. The molecule has 0 unspecified atom stereocenters. The number of hydrogen-bond donors (Lipinski definition) is 1. The molecule has 1 aliphatic rings. The highest BCUT2D eigenvalue weighted by Gasteiger charge is 2.26. The van der Waals surface area contributed by atoms with Crippen LogP contribution in [0.25, 0.3) is 0 Å². The van der Waals surface area contributed by atoms with Gasteiger partial charge in [-0.05, 0) is 18.2 Å². The van der Waals surface area contributed by atoms with Crippen LogP contribution >= 0.6 is 0 Å². The molecule has 2 N–H and O–H groups in total. The third-order valence-corrected chi connectivity index (χ3v) is 4.47. The number of nitrogen functional groups attached to an aromatic ring is 1. The normalized spacial score (nSPS) is 18.2. The molecule has 1 aromatic carbocycles. The molecule has 1 aromatic rings. The van der Waals surface area contributed by atoms with E-state index in [-0.39, 0.29) is 10.6 Å². The Hall–Kier alpha value is -1.18. The fraction of sp³-hybridized carbons (Fsp3) is 0.400. The minimum absolute atomic E-state index is 0.0123. The van der Waals surface area contributed by atoms with Gasteiger partial charge in [0.2, 0.25) is 10.0 Å². The van der Waals surface area contributed by atoms with E-state index in [1.807, 2.05) is 0 Å². The lowest BCUT2D eigenvalue weighted by Gasteiger charge is -2.26. The number of sulfonamides is 1. The van der Waals surface area contributed by atoms with E-state index < -0.39 is 15.8 Å². The van der Waals surface area contributed by atoms with Crippen LogP contribution in [0.5, 0.6) is 0 Å². The fourth-order valence-corrected chi connectivity index (χ4v) is 3.06. The Morgan fingerprint density at radius 3 is 2.53 bits per heavy atom. The summed E-state index contributed by atoms with van der Waals surface area (Å²) in [5, 5.41) is 0. The van der Waals surface area contributed by atoms with Crippen molar-refractivity contribution < 1.29 is 17.5 Å². The molecular formula is C10H13FN2O3S. The zero-order valence-electron chi connectivity index (χ0n) is 9.10. The third kappa shape index (κ3) is 2.41. The number of nitrogens with zero attached hydrogens (tertiary/aromatic N) is 1. The molecule has 1 aliphatic heterocycles. The van der Waals surface area contributed by atoms with Gasteiger partial charge < -0.3 is 10.5 Å². The van der Waals surface area contributed by atoms with Gasteiger partial charge in [0.05, 0.1) is 23.8 Å². The zero-order chi connectivity index (χ0) is 12.5. The van der Waals surface area contributed by atoms with Gasteiger partial charge in [0, 0.05) is 13.1 Å². The summed E-state index contributed by atoms with van der Waals surface area (Å²) < 4.78 is 43.7. The lowest BCUT2D eigenvalue weighted by atomic mass is 10.3. The molecule has 2 rings (SSSR count). The van der Waals surface area contributed by atoms with E-state index in [0.717, 1.165) is 12.1 Å². The second-order valence-electron chi connectivity index (χ2n) is 3.70. The van der Waals surface area contributed by atoms with Crippen molar-refractivity contribution in [1.82, 2.24) is 4.31 Å². The van der Waals surface area contributed by atoms with E-state index in [2.05, 4.69) is 0 Å². The molecule has 0 aliphatic carbocycles. The summed E-state index contributed by atoms with van der Waals surface area (Å²) in [4.78, 5) is 0.0123. The second kappa shape index (κ2) is 4.59. The van der Waals surface area contributed by atoms with Gasteiger partial charge in [-0.1, -0.05) is 0 Å². The van der Waals surface area contributed by atoms with Crippen molar-refractivity contribution >= 4 is 15.7 Å². The molecule has 17 heavy (non-hydrogen) atoms. The molecule has 1 saturated heterocycles. The fourth-order valence-electron chi connectivity index (χ4n) is 1.62. The predicted octanol–water partition coefficient (Wildman–Crippen LogP) is 0.429. The summed E-state index contributed by atoms with van der Waals surface area (Å²) in [6.07, 6.45) is 0. The summed E-state index contributed by atoms with van der Waals surface area (Å²) in [5.74, 6) is -0.620. The van der Waals surface area contributed by atoms with Crippen LogP contribution in [0, 0.1) is 5.82 Å². The van der Waals surface area contributed by atoms with E-state index in [1.165, 1.54) is 10.4 Å². The van der Waals surface area contributed by atoms with Crippen LogP contribution in [0.2, 0.25) is 0 Å². The first-order valence-corrected chi connectivity index (χ1v) is 6.59. The number of rotatable bonds is 2. The molecule has 94 valence electrons. The van der Waals surface area contributed by atoms with Gasteiger partial charge in [0.25, 0.3) is 0 Å². The number of halogens is 1. The lowest BCUT2D eigenvalue weighted by molar-refractivity contribution is 0.0730. The minimum Gasteiger partial charge on any atom is -0.396 e.